The van der Waals surface area contributed by atoms with Crippen LogP contribution < -0.4 is 0 Å². The van der Waals surface area contributed by atoms with Crippen molar-refractivity contribution < 1.29 is 0 Å². The van der Waals surface area contributed by atoms with Gasteiger partial charge >= 0.3 is 0 Å². The zero-order valence-electron chi connectivity index (χ0n) is 6.70. The van der Waals surface area contributed by atoms with E-state index < -0.39 is 0 Å². The van der Waals surface area contributed by atoms with Gasteiger partial charge in [0.05, 0.1) is 0 Å². The molecule has 1 heterocycles. The summed E-state index contributed by atoms with van der Waals surface area (Å²) in [6.45, 7) is 4.31. The summed E-state index contributed by atoms with van der Waals surface area (Å²) in [6.07, 6.45) is 2.86. The minimum Gasteiger partial charge on any atom is -0.321 e. The van der Waals surface area contributed by atoms with Gasteiger partial charge in [-0.25, -0.2) is 0 Å². The molecule has 0 aliphatic carbocycles. The monoisotopic (exact) mass is 139 g/mol. The largest absolute Gasteiger partial charge is 0.321 e. The van der Waals surface area contributed by atoms with E-state index in [9.17, 15) is 0 Å². The summed E-state index contributed by atoms with van der Waals surface area (Å²) < 4.78 is 1.97. The van der Waals surface area contributed by atoms with E-state index in [-0.39, 0.29) is 0 Å². The van der Waals surface area contributed by atoms with Crippen LogP contribution in [0.5, 0.6) is 0 Å². The Balaban J connectivity index is 2.82. The minimum atomic E-state index is 0.521. The molecule has 0 radical (unpaired) electrons. The molecule has 10 heavy (non-hydrogen) atoms. The summed E-state index contributed by atoms with van der Waals surface area (Å²) in [4.78, 5) is 0. The molecule has 0 aliphatic rings. The van der Waals surface area contributed by atoms with Gasteiger partial charge in [0, 0.05) is 13.0 Å². The highest BCUT2D eigenvalue weighted by Gasteiger charge is 2.07. The summed E-state index contributed by atoms with van der Waals surface area (Å²) in [7, 11) is 1.97. The highest BCUT2D eigenvalue weighted by Crippen LogP contribution is 2.13. The summed E-state index contributed by atoms with van der Waals surface area (Å²) >= 11 is 0. The third-order valence-electron chi connectivity index (χ3n) is 1.80. The number of hydrogen-bond acceptors (Lipinski definition) is 2. The van der Waals surface area contributed by atoms with Crippen LogP contribution >= 0.6 is 0 Å². The third-order valence-corrected chi connectivity index (χ3v) is 1.80. The Hall–Kier alpha value is -0.860. The average Bonchev–Trinajstić information content (AvgIpc) is 2.34. The van der Waals surface area contributed by atoms with Crippen LogP contribution in [0, 0.1) is 0 Å². The van der Waals surface area contributed by atoms with Crippen LogP contribution in [0.2, 0.25) is 0 Å². The van der Waals surface area contributed by atoms with E-state index in [0.717, 1.165) is 12.2 Å². The van der Waals surface area contributed by atoms with Gasteiger partial charge in [0.15, 0.2) is 0 Å². The summed E-state index contributed by atoms with van der Waals surface area (Å²) in [5.41, 5.74) is 0. The lowest BCUT2D eigenvalue weighted by Crippen LogP contribution is -2.00. The topological polar surface area (TPSA) is 30.7 Å². The van der Waals surface area contributed by atoms with Gasteiger partial charge in [0.1, 0.15) is 12.2 Å². The first-order valence-electron chi connectivity index (χ1n) is 3.59. The number of rotatable bonds is 2. The van der Waals surface area contributed by atoms with Gasteiger partial charge in [-0.2, -0.15) is 0 Å². The first kappa shape index (κ1) is 7.25. The van der Waals surface area contributed by atoms with E-state index in [2.05, 4.69) is 24.0 Å². The fourth-order valence-corrected chi connectivity index (χ4v) is 0.921. The molecule has 1 unspecified atom stereocenters. The van der Waals surface area contributed by atoms with Crippen LogP contribution in [0.3, 0.4) is 0 Å². The molecule has 0 aliphatic heterocycles. The molecule has 0 saturated heterocycles. The summed E-state index contributed by atoms with van der Waals surface area (Å²) in [6, 6.07) is 0. The fourth-order valence-electron chi connectivity index (χ4n) is 0.921. The van der Waals surface area contributed by atoms with E-state index in [0.29, 0.717) is 5.92 Å². The highest BCUT2D eigenvalue weighted by atomic mass is 15.2. The van der Waals surface area contributed by atoms with E-state index >= 15 is 0 Å². The second-order valence-corrected chi connectivity index (χ2v) is 2.61. The van der Waals surface area contributed by atoms with Crippen LogP contribution in [-0.4, -0.2) is 14.8 Å². The Morgan fingerprint density at radius 1 is 1.70 bits per heavy atom. The first-order chi connectivity index (χ1) is 4.75. The van der Waals surface area contributed by atoms with Crippen LogP contribution in [0.1, 0.15) is 32.0 Å². The van der Waals surface area contributed by atoms with Crippen LogP contribution in [0.4, 0.5) is 0 Å². The summed E-state index contributed by atoms with van der Waals surface area (Å²) in [5.74, 6) is 1.59. The van der Waals surface area contributed by atoms with Gasteiger partial charge in [-0.3, -0.25) is 0 Å². The standard InChI is InChI=1S/C7H13N3/c1-4-6(2)7-9-8-5-10(7)3/h5-6H,4H2,1-3H3. The summed E-state index contributed by atoms with van der Waals surface area (Å²) in [5, 5.41) is 7.80. The molecule has 0 aromatic carbocycles. The molecular weight excluding hydrogens is 126 g/mol. The molecule has 0 spiro atoms. The Kier molecular flexibility index (Phi) is 2.04. The maximum Gasteiger partial charge on any atom is 0.135 e. The van der Waals surface area contributed by atoms with Crippen molar-refractivity contribution in [2.45, 2.75) is 26.2 Å². The van der Waals surface area contributed by atoms with E-state index in [1.54, 1.807) is 6.33 Å². The Morgan fingerprint density at radius 3 is 2.80 bits per heavy atom. The second-order valence-electron chi connectivity index (χ2n) is 2.61. The lowest BCUT2D eigenvalue weighted by Gasteiger charge is -2.05. The predicted molar refractivity (Wildman–Crippen MR) is 39.7 cm³/mol. The van der Waals surface area contributed by atoms with Gasteiger partial charge in [-0.1, -0.05) is 13.8 Å². The molecule has 0 amide bonds. The van der Waals surface area contributed by atoms with Gasteiger partial charge < -0.3 is 4.57 Å². The molecule has 3 heteroatoms. The highest BCUT2D eigenvalue weighted by molar-refractivity contribution is 4.92. The van der Waals surface area contributed by atoms with Crippen LogP contribution in [-0.2, 0) is 7.05 Å². The molecule has 0 bridgehead atoms. The van der Waals surface area contributed by atoms with Crippen molar-refractivity contribution in [2.24, 2.45) is 7.05 Å². The lowest BCUT2D eigenvalue weighted by atomic mass is 10.1. The van der Waals surface area contributed by atoms with Crippen LogP contribution in [0.15, 0.2) is 6.33 Å². The molecule has 3 nitrogen and oxygen atoms in total. The van der Waals surface area contributed by atoms with E-state index in [1.807, 2.05) is 11.6 Å². The van der Waals surface area contributed by atoms with Crippen molar-refractivity contribution in [2.75, 3.05) is 0 Å². The zero-order chi connectivity index (χ0) is 7.56. The third kappa shape index (κ3) is 1.17. The Bertz CT molecular complexity index is 204. The van der Waals surface area contributed by atoms with Crippen molar-refractivity contribution >= 4 is 0 Å². The van der Waals surface area contributed by atoms with E-state index in [4.69, 9.17) is 0 Å². The molecule has 1 aromatic rings. The minimum absolute atomic E-state index is 0.521. The molecular formula is C7H13N3. The van der Waals surface area contributed by atoms with Crippen molar-refractivity contribution in [1.29, 1.82) is 0 Å². The van der Waals surface area contributed by atoms with Crippen LogP contribution in [0.25, 0.3) is 0 Å². The smallest absolute Gasteiger partial charge is 0.135 e. The SMILES string of the molecule is CCC(C)c1nncn1C. The van der Waals surface area contributed by atoms with Gasteiger partial charge in [-0.05, 0) is 6.42 Å². The average molecular weight is 139 g/mol. The normalized spacial score (nSPS) is 13.5. The van der Waals surface area contributed by atoms with Gasteiger partial charge in [0.25, 0.3) is 0 Å². The Morgan fingerprint density at radius 2 is 2.40 bits per heavy atom. The predicted octanol–water partition coefficient (Wildman–Crippen LogP) is 1.33. The molecule has 1 atom stereocenters. The molecule has 1 rings (SSSR count). The number of aromatic nitrogens is 3. The molecule has 56 valence electrons. The second kappa shape index (κ2) is 2.82. The lowest BCUT2D eigenvalue weighted by molar-refractivity contribution is 0.640. The maximum absolute atomic E-state index is 4.00. The van der Waals surface area contributed by atoms with Gasteiger partial charge in [0.2, 0.25) is 0 Å². The van der Waals surface area contributed by atoms with E-state index in [1.165, 1.54) is 0 Å². The van der Waals surface area contributed by atoms with Gasteiger partial charge in [-0.15, -0.1) is 10.2 Å². The first-order valence-corrected chi connectivity index (χ1v) is 3.59. The maximum atomic E-state index is 4.00. The zero-order valence-corrected chi connectivity index (χ0v) is 6.70. The molecule has 0 saturated carbocycles. The molecule has 0 fully saturated rings. The number of hydrogen-bond donors (Lipinski definition) is 0. The fraction of sp³-hybridized carbons (Fsp3) is 0.714. The number of nitrogens with zero attached hydrogens (tertiary/aromatic N) is 3. The van der Waals surface area contributed by atoms with Crippen molar-refractivity contribution in [3.05, 3.63) is 12.2 Å². The molecule has 1 aromatic heterocycles. The molecule has 0 N–H and O–H groups in total. The number of aryl methyl sites for hydroxylation is 1. The van der Waals surface area contributed by atoms with Crippen molar-refractivity contribution in [3.8, 4) is 0 Å². The van der Waals surface area contributed by atoms with Crippen molar-refractivity contribution in [1.82, 2.24) is 14.8 Å². The Labute approximate surface area is 61.1 Å². The van der Waals surface area contributed by atoms with Crippen molar-refractivity contribution in [3.63, 3.8) is 0 Å². The quantitative estimate of drug-likeness (QED) is 0.618.